The quantitative estimate of drug-likeness (QED) is 0.732. The molecule has 1 aromatic carbocycles. The van der Waals surface area contributed by atoms with Crippen molar-refractivity contribution in [3.63, 3.8) is 0 Å². The van der Waals surface area contributed by atoms with Crippen LogP contribution in [0, 0.1) is 0 Å². The third kappa shape index (κ3) is 4.96. The Kier molecular flexibility index (Phi) is 6.47. The molecule has 1 aliphatic rings. The first-order valence-electron chi connectivity index (χ1n) is 9.00. The molecule has 0 bridgehead atoms. The maximum Gasteiger partial charge on any atom is 0.264 e. The lowest BCUT2D eigenvalue weighted by molar-refractivity contribution is -0.139. The number of pyridine rings is 1. The summed E-state index contributed by atoms with van der Waals surface area (Å²) in [6, 6.07) is 11.2. The number of aryl methyl sites for hydroxylation is 1. The molecule has 1 aliphatic heterocycles. The van der Waals surface area contributed by atoms with Gasteiger partial charge in [-0.05, 0) is 67.9 Å². The normalized spacial score (nSPS) is 16.0. The van der Waals surface area contributed by atoms with Crippen LogP contribution in [0.3, 0.4) is 0 Å². The number of ether oxygens (including phenoxy) is 1. The SMILES string of the molecule is O=C(NCCCc1ccncc1)C1(Oc2ccc(Cl)cc2)CCNCC1. The number of benzene rings is 1. The fourth-order valence-corrected chi connectivity index (χ4v) is 3.27. The summed E-state index contributed by atoms with van der Waals surface area (Å²) in [5.74, 6) is 0.631. The summed E-state index contributed by atoms with van der Waals surface area (Å²) in [7, 11) is 0. The molecule has 2 N–H and O–H groups in total. The molecule has 138 valence electrons. The van der Waals surface area contributed by atoms with Crippen molar-refractivity contribution in [1.82, 2.24) is 15.6 Å². The van der Waals surface area contributed by atoms with Gasteiger partial charge in [-0.25, -0.2) is 0 Å². The molecule has 2 aromatic rings. The second-order valence-corrected chi connectivity index (χ2v) is 6.95. The number of carbonyl (C=O) groups excluding carboxylic acids is 1. The van der Waals surface area contributed by atoms with Gasteiger partial charge in [0.05, 0.1) is 0 Å². The minimum absolute atomic E-state index is 0.0383. The average molecular weight is 374 g/mol. The minimum atomic E-state index is -0.824. The summed E-state index contributed by atoms with van der Waals surface area (Å²) in [6.07, 6.45) is 6.66. The molecule has 0 aliphatic carbocycles. The predicted molar refractivity (Wildman–Crippen MR) is 102 cm³/mol. The number of hydrogen-bond donors (Lipinski definition) is 2. The molecular formula is C20H24ClN3O2. The third-order valence-electron chi connectivity index (χ3n) is 4.63. The van der Waals surface area contributed by atoms with Gasteiger partial charge in [-0.15, -0.1) is 0 Å². The van der Waals surface area contributed by atoms with Gasteiger partial charge in [0.2, 0.25) is 0 Å². The van der Waals surface area contributed by atoms with Crippen LogP contribution < -0.4 is 15.4 Å². The van der Waals surface area contributed by atoms with E-state index in [4.69, 9.17) is 16.3 Å². The van der Waals surface area contributed by atoms with E-state index in [1.165, 1.54) is 5.56 Å². The molecule has 2 heterocycles. The van der Waals surface area contributed by atoms with Gasteiger partial charge in [-0.1, -0.05) is 11.6 Å². The fraction of sp³-hybridized carbons (Fsp3) is 0.400. The lowest BCUT2D eigenvalue weighted by Crippen LogP contribution is -2.56. The zero-order valence-electron chi connectivity index (χ0n) is 14.7. The standard InChI is InChI=1S/C20H24ClN3O2/c21-17-3-5-18(6-4-17)26-20(9-14-23-15-10-20)19(25)24-11-1-2-16-7-12-22-13-8-16/h3-8,12-13,23H,1-2,9-11,14-15H2,(H,24,25). The highest BCUT2D eigenvalue weighted by molar-refractivity contribution is 6.30. The second-order valence-electron chi connectivity index (χ2n) is 6.52. The van der Waals surface area contributed by atoms with Gasteiger partial charge in [0.1, 0.15) is 5.75 Å². The molecule has 26 heavy (non-hydrogen) atoms. The van der Waals surface area contributed by atoms with Gasteiger partial charge >= 0.3 is 0 Å². The Bertz CT molecular complexity index is 701. The Morgan fingerprint density at radius 1 is 1.15 bits per heavy atom. The van der Waals surface area contributed by atoms with E-state index >= 15 is 0 Å². The number of nitrogens with one attached hydrogen (secondary N) is 2. The third-order valence-corrected chi connectivity index (χ3v) is 4.88. The molecule has 5 nitrogen and oxygen atoms in total. The molecule has 1 amide bonds. The van der Waals surface area contributed by atoms with Crippen LogP contribution in [0.25, 0.3) is 0 Å². The van der Waals surface area contributed by atoms with E-state index < -0.39 is 5.60 Å². The van der Waals surface area contributed by atoms with Gasteiger partial charge in [0, 0.05) is 36.8 Å². The highest BCUT2D eigenvalue weighted by Gasteiger charge is 2.41. The first-order chi connectivity index (χ1) is 12.7. The molecule has 0 atom stereocenters. The van der Waals surface area contributed by atoms with Crippen LogP contribution in [0.2, 0.25) is 5.02 Å². The highest BCUT2D eigenvalue weighted by Crippen LogP contribution is 2.28. The molecule has 1 aromatic heterocycles. The Balaban J connectivity index is 1.57. The summed E-state index contributed by atoms with van der Waals surface area (Å²) in [5.41, 5.74) is 0.402. The molecule has 0 radical (unpaired) electrons. The topological polar surface area (TPSA) is 63.2 Å². The van der Waals surface area contributed by atoms with E-state index in [-0.39, 0.29) is 5.91 Å². The summed E-state index contributed by atoms with van der Waals surface area (Å²) in [5, 5.41) is 7.00. The van der Waals surface area contributed by atoms with Crippen LogP contribution in [0.5, 0.6) is 5.75 Å². The minimum Gasteiger partial charge on any atom is -0.477 e. The number of halogens is 1. The van der Waals surface area contributed by atoms with Crippen LogP contribution in [-0.4, -0.2) is 36.1 Å². The van der Waals surface area contributed by atoms with Crippen molar-refractivity contribution in [2.45, 2.75) is 31.3 Å². The predicted octanol–water partition coefficient (Wildman–Crippen LogP) is 2.99. The molecule has 6 heteroatoms. The Hall–Kier alpha value is -2.11. The first-order valence-corrected chi connectivity index (χ1v) is 9.38. The van der Waals surface area contributed by atoms with E-state index in [9.17, 15) is 4.79 Å². The molecular weight excluding hydrogens is 350 g/mol. The van der Waals surface area contributed by atoms with Crippen LogP contribution >= 0.6 is 11.6 Å². The number of amides is 1. The molecule has 3 rings (SSSR count). The van der Waals surface area contributed by atoms with Gasteiger partial charge in [0.15, 0.2) is 5.60 Å². The maximum atomic E-state index is 12.9. The van der Waals surface area contributed by atoms with E-state index in [0.717, 1.165) is 25.9 Å². The van der Waals surface area contributed by atoms with Crippen LogP contribution in [-0.2, 0) is 11.2 Å². The zero-order valence-corrected chi connectivity index (χ0v) is 15.5. The second kappa shape index (κ2) is 9.01. The van der Waals surface area contributed by atoms with Gasteiger partial charge in [-0.3, -0.25) is 9.78 Å². The Morgan fingerprint density at radius 3 is 2.54 bits per heavy atom. The van der Waals surface area contributed by atoms with E-state index in [0.29, 0.717) is 30.2 Å². The van der Waals surface area contributed by atoms with Crippen molar-refractivity contribution < 1.29 is 9.53 Å². The average Bonchev–Trinajstić information content (AvgIpc) is 2.68. The monoisotopic (exact) mass is 373 g/mol. The van der Waals surface area contributed by atoms with Gasteiger partial charge in [-0.2, -0.15) is 0 Å². The van der Waals surface area contributed by atoms with Crippen molar-refractivity contribution in [2.75, 3.05) is 19.6 Å². The molecule has 0 spiro atoms. The molecule has 1 fully saturated rings. The molecule has 0 unspecified atom stereocenters. The van der Waals surface area contributed by atoms with Crippen molar-refractivity contribution in [2.24, 2.45) is 0 Å². The van der Waals surface area contributed by atoms with Crippen molar-refractivity contribution in [3.05, 3.63) is 59.4 Å². The lowest BCUT2D eigenvalue weighted by atomic mass is 9.90. The van der Waals surface area contributed by atoms with Crippen LogP contribution in [0.4, 0.5) is 0 Å². The first kappa shape index (κ1) is 18.7. The number of nitrogens with zero attached hydrogens (tertiary/aromatic N) is 1. The zero-order chi connectivity index (χ0) is 18.2. The molecule has 1 saturated heterocycles. The van der Waals surface area contributed by atoms with Crippen molar-refractivity contribution in [1.29, 1.82) is 0 Å². The highest BCUT2D eigenvalue weighted by atomic mass is 35.5. The smallest absolute Gasteiger partial charge is 0.264 e. The number of piperidine rings is 1. The van der Waals surface area contributed by atoms with E-state index in [2.05, 4.69) is 15.6 Å². The van der Waals surface area contributed by atoms with Gasteiger partial charge in [0.25, 0.3) is 5.91 Å². The largest absolute Gasteiger partial charge is 0.477 e. The number of aromatic nitrogens is 1. The van der Waals surface area contributed by atoms with E-state index in [1.54, 1.807) is 24.5 Å². The summed E-state index contributed by atoms with van der Waals surface area (Å²) in [6.45, 7) is 2.15. The Morgan fingerprint density at radius 2 is 1.85 bits per heavy atom. The maximum absolute atomic E-state index is 12.9. The van der Waals surface area contributed by atoms with Crippen LogP contribution in [0.15, 0.2) is 48.8 Å². The summed E-state index contributed by atoms with van der Waals surface area (Å²) in [4.78, 5) is 16.9. The Labute approximate surface area is 159 Å². The fourth-order valence-electron chi connectivity index (χ4n) is 3.14. The number of carbonyl (C=O) groups is 1. The lowest BCUT2D eigenvalue weighted by Gasteiger charge is -2.36. The van der Waals surface area contributed by atoms with Crippen molar-refractivity contribution in [3.8, 4) is 5.75 Å². The number of rotatable bonds is 7. The summed E-state index contributed by atoms with van der Waals surface area (Å²) < 4.78 is 6.16. The summed E-state index contributed by atoms with van der Waals surface area (Å²) >= 11 is 5.94. The van der Waals surface area contributed by atoms with Gasteiger partial charge < -0.3 is 15.4 Å². The number of hydrogen-bond acceptors (Lipinski definition) is 4. The van der Waals surface area contributed by atoms with Crippen molar-refractivity contribution >= 4 is 17.5 Å². The van der Waals surface area contributed by atoms with Crippen LogP contribution in [0.1, 0.15) is 24.8 Å². The van der Waals surface area contributed by atoms with E-state index in [1.807, 2.05) is 24.3 Å². The molecule has 0 saturated carbocycles.